The number of benzene rings is 2. The Labute approximate surface area is 161 Å². The number of rotatable bonds is 5. The van der Waals surface area contributed by atoms with Gasteiger partial charge < -0.3 is 5.32 Å². The summed E-state index contributed by atoms with van der Waals surface area (Å²) in [6.45, 7) is 5.09. The lowest BCUT2D eigenvalue weighted by Crippen LogP contribution is -2.45. The van der Waals surface area contributed by atoms with Crippen LogP contribution < -0.4 is 5.32 Å². The number of nitrogens with one attached hydrogen (secondary N) is 1. The average molecular weight is 387 g/mol. The number of piperidine rings is 1. The van der Waals surface area contributed by atoms with Crippen LogP contribution in [0.1, 0.15) is 29.5 Å². The fourth-order valence-corrected chi connectivity index (χ4v) is 4.80. The molecular weight excluding hydrogens is 360 g/mol. The fourth-order valence-electron chi connectivity index (χ4n) is 3.27. The van der Waals surface area contributed by atoms with Gasteiger partial charge in [0.1, 0.15) is 0 Å². The van der Waals surface area contributed by atoms with Crippen molar-refractivity contribution in [2.45, 2.75) is 38.1 Å². The summed E-state index contributed by atoms with van der Waals surface area (Å²) >= 11 is 0. The van der Waals surface area contributed by atoms with Gasteiger partial charge in [-0.2, -0.15) is 4.31 Å². The minimum Gasteiger partial charge on any atom is -0.352 e. The molecule has 1 aliphatic rings. The van der Waals surface area contributed by atoms with Crippen molar-refractivity contribution in [3.8, 4) is 0 Å². The van der Waals surface area contributed by atoms with E-state index >= 15 is 0 Å². The van der Waals surface area contributed by atoms with Crippen LogP contribution in [0.3, 0.4) is 0 Å². The van der Waals surface area contributed by atoms with Crippen LogP contribution in [-0.4, -0.2) is 31.7 Å². The monoisotopic (exact) mass is 386 g/mol. The van der Waals surface area contributed by atoms with Gasteiger partial charge in [0, 0.05) is 19.6 Å². The van der Waals surface area contributed by atoms with Gasteiger partial charge in [-0.25, -0.2) is 8.42 Å². The predicted molar refractivity (Wildman–Crippen MR) is 106 cm³/mol. The highest BCUT2D eigenvalue weighted by molar-refractivity contribution is 7.89. The van der Waals surface area contributed by atoms with Crippen LogP contribution in [0, 0.1) is 19.8 Å². The Morgan fingerprint density at radius 2 is 1.63 bits per heavy atom. The van der Waals surface area contributed by atoms with Crippen LogP contribution in [-0.2, 0) is 21.4 Å². The second-order valence-corrected chi connectivity index (χ2v) is 9.16. The van der Waals surface area contributed by atoms with Gasteiger partial charge in [-0.05, 0) is 44.4 Å². The highest BCUT2D eigenvalue weighted by atomic mass is 32.2. The predicted octanol–water partition coefficient (Wildman–Crippen LogP) is 3.02. The summed E-state index contributed by atoms with van der Waals surface area (Å²) < 4.78 is 27.2. The Balaban J connectivity index is 1.63. The van der Waals surface area contributed by atoms with Gasteiger partial charge in [-0.1, -0.05) is 47.5 Å². The van der Waals surface area contributed by atoms with Crippen molar-refractivity contribution < 1.29 is 13.2 Å². The van der Waals surface area contributed by atoms with Crippen molar-refractivity contribution in [2.24, 2.45) is 5.92 Å². The first-order valence-corrected chi connectivity index (χ1v) is 10.7. The summed E-state index contributed by atoms with van der Waals surface area (Å²) in [5, 5.41) is 2.95. The molecule has 5 nitrogen and oxygen atoms in total. The van der Waals surface area contributed by atoms with Crippen LogP contribution >= 0.6 is 0 Å². The van der Waals surface area contributed by atoms with E-state index in [1.54, 1.807) is 24.3 Å². The van der Waals surface area contributed by atoms with Crippen molar-refractivity contribution >= 4 is 15.9 Å². The lowest BCUT2D eigenvalue weighted by molar-refractivity contribution is -0.126. The van der Waals surface area contributed by atoms with E-state index in [2.05, 4.69) is 5.32 Å². The first kappa shape index (κ1) is 19.6. The molecule has 6 heteroatoms. The maximum absolute atomic E-state index is 12.9. The topological polar surface area (TPSA) is 66.5 Å². The van der Waals surface area contributed by atoms with Crippen molar-refractivity contribution in [3.05, 3.63) is 65.2 Å². The molecule has 1 amide bonds. The van der Waals surface area contributed by atoms with E-state index in [-0.39, 0.29) is 23.3 Å². The standard InChI is InChI=1S/C21H26N2O3S/c1-16-5-9-18(10-6-16)14-22-21(24)19-4-3-13-23(15-19)27(25,26)20-11-7-17(2)8-12-20/h5-12,19H,3-4,13-15H2,1-2H3,(H,22,24). The number of amides is 1. The van der Waals surface area contributed by atoms with Gasteiger partial charge in [0.25, 0.3) is 0 Å². The largest absolute Gasteiger partial charge is 0.352 e. The van der Waals surface area contributed by atoms with Gasteiger partial charge in [0.2, 0.25) is 15.9 Å². The van der Waals surface area contributed by atoms with Crippen LogP contribution in [0.15, 0.2) is 53.4 Å². The number of carbonyl (C=O) groups is 1. The Bertz CT molecular complexity index is 890. The van der Waals surface area contributed by atoms with Crippen molar-refractivity contribution in [1.29, 1.82) is 0 Å². The van der Waals surface area contributed by atoms with Gasteiger partial charge >= 0.3 is 0 Å². The molecule has 27 heavy (non-hydrogen) atoms. The minimum atomic E-state index is -3.56. The van der Waals surface area contributed by atoms with E-state index < -0.39 is 10.0 Å². The van der Waals surface area contributed by atoms with E-state index in [1.165, 1.54) is 9.87 Å². The second-order valence-electron chi connectivity index (χ2n) is 7.22. The van der Waals surface area contributed by atoms with Crippen LogP contribution in [0.2, 0.25) is 0 Å². The number of nitrogens with zero attached hydrogens (tertiary/aromatic N) is 1. The third-order valence-electron chi connectivity index (χ3n) is 5.00. The summed E-state index contributed by atoms with van der Waals surface area (Å²) in [4.78, 5) is 12.8. The molecule has 0 aromatic heterocycles. The highest BCUT2D eigenvalue weighted by Gasteiger charge is 2.33. The van der Waals surface area contributed by atoms with Crippen LogP contribution in [0.4, 0.5) is 0 Å². The molecule has 2 aromatic rings. The number of hydrogen-bond acceptors (Lipinski definition) is 3. The second kappa shape index (κ2) is 8.23. The number of carbonyl (C=O) groups excluding carboxylic acids is 1. The molecule has 2 aromatic carbocycles. The summed E-state index contributed by atoms with van der Waals surface area (Å²) in [6.07, 6.45) is 1.40. The molecule has 3 rings (SSSR count). The molecular formula is C21H26N2O3S. The van der Waals surface area contributed by atoms with E-state index in [0.29, 0.717) is 25.9 Å². The first-order valence-electron chi connectivity index (χ1n) is 9.26. The van der Waals surface area contributed by atoms with E-state index in [9.17, 15) is 13.2 Å². The molecule has 0 spiro atoms. The molecule has 1 unspecified atom stereocenters. The van der Waals surface area contributed by atoms with Crippen LogP contribution in [0.25, 0.3) is 0 Å². The molecule has 0 bridgehead atoms. The zero-order valence-electron chi connectivity index (χ0n) is 15.8. The molecule has 1 saturated heterocycles. The molecule has 1 N–H and O–H groups in total. The van der Waals surface area contributed by atoms with Crippen molar-refractivity contribution in [1.82, 2.24) is 9.62 Å². The Morgan fingerprint density at radius 3 is 2.26 bits per heavy atom. The van der Waals surface area contributed by atoms with Crippen molar-refractivity contribution in [3.63, 3.8) is 0 Å². The van der Waals surface area contributed by atoms with Gasteiger partial charge in [0.05, 0.1) is 10.8 Å². The van der Waals surface area contributed by atoms with Crippen molar-refractivity contribution in [2.75, 3.05) is 13.1 Å². The lowest BCUT2D eigenvalue weighted by atomic mass is 9.98. The van der Waals surface area contributed by atoms with E-state index in [1.807, 2.05) is 38.1 Å². The highest BCUT2D eigenvalue weighted by Crippen LogP contribution is 2.24. The molecule has 1 atom stereocenters. The maximum atomic E-state index is 12.9. The Kier molecular flexibility index (Phi) is 5.97. The van der Waals surface area contributed by atoms with Gasteiger partial charge in [-0.15, -0.1) is 0 Å². The third kappa shape index (κ3) is 4.76. The SMILES string of the molecule is Cc1ccc(CNC(=O)C2CCCN(S(=O)(=O)c3ccc(C)cc3)C2)cc1. The molecule has 0 aliphatic carbocycles. The molecule has 0 radical (unpaired) electrons. The van der Waals surface area contributed by atoms with Gasteiger partial charge in [0.15, 0.2) is 0 Å². The van der Waals surface area contributed by atoms with Crippen LogP contribution in [0.5, 0.6) is 0 Å². The Hall–Kier alpha value is -2.18. The minimum absolute atomic E-state index is 0.0839. The number of sulfonamides is 1. The fraction of sp³-hybridized carbons (Fsp3) is 0.381. The zero-order valence-corrected chi connectivity index (χ0v) is 16.6. The summed E-state index contributed by atoms with van der Waals surface area (Å²) in [5.74, 6) is -0.399. The summed E-state index contributed by atoms with van der Waals surface area (Å²) in [7, 11) is -3.56. The first-order chi connectivity index (χ1) is 12.9. The summed E-state index contributed by atoms with van der Waals surface area (Å²) in [6, 6.07) is 14.9. The Morgan fingerprint density at radius 1 is 1.04 bits per heavy atom. The third-order valence-corrected chi connectivity index (χ3v) is 6.88. The normalized spacial score (nSPS) is 18.2. The molecule has 1 heterocycles. The lowest BCUT2D eigenvalue weighted by Gasteiger charge is -2.31. The van der Waals surface area contributed by atoms with E-state index in [0.717, 1.165) is 11.1 Å². The average Bonchev–Trinajstić information content (AvgIpc) is 2.68. The molecule has 0 saturated carbocycles. The zero-order chi connectivity index (χ0) is 19.4. The smallest absolute Gasteiger partial charge is 0.243 e. The molecule has 1 aliphatic heterocycles. The number of hydrogen-bond donors (Lipinski definition) is 1. The van der Waals surface area contributed by atoms with Gasteiger partial charge in [-0.3, -0.25) is 4.79 Å². The maximum Gasteiger partial charge on any atom is 0.243 e. The molecule has 144 valence electrons. The summed E-state index contributed by atoms with van der Waals surface area (Å²) in [5.41, 5.74) is 3.23. The number of aryl methyl sites for hydroxylation is 2. The quantitative estimate of drug-likeness (QED) is 0.859. The van der Waals surface area contributed by atoms with E-state index in [4.69, 9.17) is 0 Å². The molecule has 1 fully saturated rings.